The van der Waals surface area contributed by atoms with Crippen molar-refractivity contribution in [2.75, 3.05) is 20.1 Å². The van der Waals surface area contributed by atoms with Crippen molar-refractivity contribution in [3.05, 3.63) is 35.5 Å². The molecule has 7 nitrogen and oxygen atoms in total. The van der Waals surface area contributed by atoms with Crippen LogP contribution in [0, 0.1) is 6.92 Å². The van der Waals surface area contributed by atoms with Crippen LogP contribution in [0.1, 0.15) is 34.7 Å². The summed E-state index contributed by atoms with van der Waals surface area (Å²) in [6.45, 7) is 4.63. The summed E-state index contributed by atoms with van der Waals surface area (Å²) in [6, 6.07) is 2.25. The zero-order valence-electron chi connectivity index (χ0n) is 13.9. The molecule has 1 amide bonds. The number of carbonyl (C=O) groups excluding carboxylic acids is 1. The van der Waals surface area contributed by atoms with E-state index in [1.54, 1.807) is 17.1 Å². The Morgan fingerprint density at radius 3 is 2.74 bits per heavy atom. The van der Waals surface area contributed by atoms with Gasteiger partial charge in [0, 0.05) is 52.0 Å². The van der Waals surface area contributed by atoms with Gasteiger partial charge in [-0.1, -0.05) is 5.16 Å². The van der Waals surface area contributed by atoms with Gasteiger partial charge in [-0.05, 0) is 19.8 Å². The molecule has 2 aromatic rings. The number of hydrogen-bond acceptors (Lipinski definition) is 5. The Labute approximate surface area is 135 Å². The summed E-state index contributed by atoms with van der Waals surface area (Å²) in [6.07, 6.45) is 5.33. The molecule has 0 aromatic carbocycles. The van der Waals surface area contributed by atoms with Crippen LogP contribution < -0.4 is 0 Å². The van der Waals surface area contributed by atoms with Gasteiger partial charge in [-0.15, -0.1) is 0 Å². The molecule has 0 aliphatic carbocycles. The van der Waals surface area contributed by atoms with Crippen LogP contribution in [0.15, 0.2) is 23.0 Å². The fourth-order valence-corrected chi connectivity index (χ4v) is 3.09. The van der Waals surface area contributed by atoms with E-state index >= 15 is 0 Å². The van der Waals surface area contributed by atoms with Gasteiger partial charge in [0.1, 0.15) is 5.76 Å². The van der Waals surface area contributed by atoms with Gasteiger partial charge in [-0.2, -0.15) is 5.10 Å². The van der Waals surface area contributed by atoms with Gasteiger partial charge in [0.15, 0.2) is 0 Å². The van der Waals surface area contributed by atoms with E-state index in [9.17, 15) is 4.79 Å². The molecule has 1 saturated heterocycles. The molecule has 0 N–H and O–H groups in total. The molecule has 3 rings (SSSR count). The molecule has 0 bridgehead atoms. The Bertz CT molecular complexity index is 670. The average Bonchev–Trinajstić information content (AvgIpc) is 3.15. The van der Waals surface area contributed by atoms with Crippen LogP contribution in [-0.2, 0) is 13.6 Å². The van der Waals surface area contributed by atoms with E-state index in [2.05, 4.69) is 15.2 Å². The van der Waals surface area contributed by atoms with E-state index in [0.29, 0.717) is 5.56 Å². The summed E-state index contributed by atoms with van der Waals surface area (Å²) in [5, 5.41) is 8.11. The molecule has 2 aromatic heterocycles. The third-order valence-electron chi connectivity index (χ3n) is 4.44. The molecule has 0 atom stereocenters. The van der Waals surface area contributed by atoms with Crippen LogP contribution in [-0.4, -0.2) is 56.8 Å². The van der Waals surface area contributed by atoms with Crippen molar-refractivity contribution in [1.29, 1.82) is 0 Å². The predicted octanol–water partition coefficient (Wildman–Crippen LogP) is 1.45. The summed E-state index contributed by atoms with van der Waals surface area (Å²) in [5.74, 6) is 0.889. The summed E-state index contributed by atoms with van der Waals surface area (Å²) < 4.78 is 6.77. The lowest BCUT2D eigenvalue weighted by Crippen LogP contribution is -2.45. The van der Waals surface area contributed by atoms with E-state index in [0.717, 1.165) is 43.9 Å². The fraction of sp³-hybridized carbons (Fsp3) is 0.562. The van der Waals surface area contributed by atoms with E-state index in [-0.39, 0.29) is 11.9 Å². The summed E-state index contributed by atoms with van der Waals surface area (Å²) in [5.41, 5.74) is 1.62. The molecule has 0 spiro atoms. The van der Waals surface area contributed by atoms with Gasteiger partial charge < -0.3 is 9.42 Å². The highest BCUT2D eigenvalue weighted by Gasteiger charge is 2.26. The second kappa shape index (κ2) is 6.54. The topological polar surface area (TPSA) is 67.4 Å². The van der Waals surface area contributed by atoms with E-state index in [1.165, 1.54) is 0 Å². The first kappa shape index (κ1) is 15.7. The third-order valence-corrected chi connectivity index (χ3v) is 4.44. The first-order valence-corrected chi connectivity index (χ1v) is 7.93. The van der Waals surface area contributed by atoms with E-state index in [4.69, 9.17) is 4.52 Å². The second-order valence-corrected chi connectivity index (χ2v) is 6.25. The number of carbonyl (C=O) groups is 1. The maximum absolute atomic E-state index is 12.5. The lowest BCUT2D eigenvalue weighted by atomic mass is 10.0. The zero-order chi connectivity index (χ0) is 16.4. The number of rotatable bonds is 4. The second-order valence-electron chi connectivity index (χ2n) is 6.25. The van der Waals surface area contributed by atoms with Gasteiger partial charge in [0.05, 0.1) is 17.5 Å². The number of aromatic nitrogens is 3. The van der Waals surface area contributed by atoms with Crippen molar-refractivity contribution in [3.63, 3.8) is 0 Å². The van der Waals surface area contributed by atoms with Gasteiger partial charge in [0.2, 0.25) is 0 Å². The summed E-state index contributed by atoms with van der Waals surface area (Å²) in [7, 11) is 3.71. The van der Waals surface area contributed by atoms with Crippen LogP contribution in [0.25, 0.3) is 0 Å². The molecule has 1 fully saturated rings. The maximum Gasteiger partial charge on any atom is 0.257 e. The van der Waals surface area contributed by atoms with Crippen molar-refractivity contribution in [3.8, 4) is 0 Å². The van der Waals surface area contributed by atoms with Crippen LogP contribution in [0.4, 0.5) is 0 Å². The quantitative estimate of drug-likeness (QED) is 0.854. The SMILES string of the molecule is Cc1cc(CN2CCC(N(C)C(=O)c3cnn(C)c3)CC2)no1. The Hall–Kier alpha value is -2.15. The minimum Gasteiger partial charge on any atom is -0.361 e. The van der Waals surface area contributed by atoms with Gasteiger partial charge in [-0.3, -0.25) is 14.4 Å². The van der Waals surface area contributed by atoms with Crippen molar-refractivity contribution in [2.24, 2.45) is 7.05 Å². The van der Waals surface area contributed by atoms with Crippen molar-refractivity contribution in [2.45, 2.75) is 32.4 Å². The Kier molecular flexibility index (Phi) is 4.47. The molecule has 0 unspecified atom stereocenters. The molecule has 1 aliphatic heterocycles. The van der Waals surface area contributed by atoms with E-state index < -0.39 is 0 Å². The van der Waals surface area contributed by atoms with Gasteiger partial charge >= 0.3 is 0 Å². The normalized spacial score (nSPS) is 16.7. The Balaban J connectivity index is 1.52. The maximum atomic E-state index is 12.5. The molecule has 23 heavy (non-hydrogen) atoms. The molecule has 3 heterocycles. The van der Waals surface area contributed by atoms with Gasteiger partial charge in [-0.25, -0.2) is 0 Å². The molecule has 7 heteroatoms. The lowest BCUT2D eigenvalue weighted by Gasteiger charge is -2.36. The summed E-state index contributed by atoms with van der Waals surface area (Å²) in [4.78, 5) is 16.7. The van der Waals surface area contributed by atoms with Crippen LogP contribution in [0.3, 0.4) is 0 Å². The number of hydrogen-bond donors (Lipinski definition) is 0. The van der Waals surface area contributed by atoms with Crippen LogP contribution in [0.2, 0.25) is 0 Å². The highest BCUT2D eigenvalue weighted by Crippen LogP contribution is 2.19. The van der Waals surface area contributed by atoms with Crippen molar-refractivity contribution in [1.82, 2.24) is 24.7 Å². The number of likely N-dealkylation sites (tertiary alicyclic amines) is 1. The lowest BCUT2D eigenvalue weighted by molar-refractivity contribution is 0.0634. The zero-order valence-corrected chi connectivity index (χ0v) is 13.9. The molecule has 1 aliphatic rings. The monoisotopic (exact) mass is 317 g/mol. The molecule has 0 radical (unpaired) electrons. The number of amides is 1. The summed E-state index contributed by atoms with van der Waals surface area (Å²) >= 11 is 0. The first-order valence-electron chi connectivity index (χ1n) is 7.93. The highest BCUT2D eigenvalue weighted by molar-refractivity contribution is 5.93. The largest absolute Gasteiger partial charge is 0.361 e. The molecule has 0 saturated carbocycles. The number of aryl methyl sites for hydroxylation is 2. The highest BCUT2D eigenvalue weighted by atomic mass is 16.5. The van der Waals surface area contributed by atoms with Crippen molar-refractivity contribution < 1.29 is 9.32 Å². The van der Waals surface area contributed by atoms with Crippen molar-refractivity contribution >= 4 is 5.91 Å². The molecular weight excluding hydrogens is 294 g/mol. The minimum absolute atomic E-state index is 0.0451. The van der Waals surface area contributed by atoms with Gasteiger partial charge in [0.25, 0.3) is 5.91 Å². The standard InChI is InChI=1S/C16H23N5O2/c1-12-8-14(18-23-12)11-21-6-4-15(5-7-21)20(3)16(22)13-9-17-19(2)10-13/h8-10,15H,4-7,11H2,1-3H3. The van der Waals surface area contributed by atoms with Crippen LogP contribution >= 0.6 is 0 Å². The number of piperidine rings is 1. The Morgan fingerprint density at radius 1 is 1.43 bits per heavy atom. The smallest absolute Gasteiger partial charge is 0.257 e. The minimum atomic E-state index is 0.0451. The van der Waals surface area contributed by atoms with E-state index in [1.807, 2.05) is 32.0 Å². The molecule has 124 valence electrons. The third kappa shape index (κ3) is 3.61. The van der Waals surface area contributed by atoms with Crippen LogP contribution in [0.5, 0.6) is 0 Å². The fourth-order valence-electron chi connectivity index (χ4n) is 3.09. The Morgan fingerprint density at radius 2 is 2.17 bits per heavy atom. The first-order chi connectivity index (χ1) is 11.0. The average molecular weight is 317 g/mol. The molecular formula is C16H23N5O2. The number of nitrogens with zero attached hydrogens (tertiary/aromatic N) is 5. The predicted molar refractivity (Wildman–Crippen MR) is 84.8 cm³/mol.